The third-order valence-electron chi connectivity index (χ3n) is 5.31. The number of nitrogens with zero attached hydrogens (tertiary/aromatic N) is 3. The second-order valence-electron chi connectivity index (χ2n) is 6.80. The second-order valence-corrected chi connectivity index (χ2v) is 6.80. The lowest BCUT2D eigenvalue weighted by Crippen LogP contribution is -2.53. The molecule has 132 valence electrons. The lowest BCUT2D eigenvalue weighted by Gasteiger charge is -2.40. The van der Waals surface area contributed by atoms with Gasteiger partial charge in [0.2, 0.25) is 0 Å². The first-order valence-corrected chi connectivity index (χ1v) is 8.91. The fourth-order valence-electron chi connectivity index (χ4n) is 4.02. The molecule has 2 fully saturated rings. The van der Waals surface area contributed by atoms with Crippen molar-refractivity contribution in [1.29, 1.82) is 0 Å². The molecule has 1 amide bonds. The molecule has 1 saturated heterocycles. The van der Waals surface area contributed by atoms with Gasteiger partial charge < -0.3 is 14.7 Å². The Labute approximate surface area is 147 Å². The molecule has 2 aliphatic rings. The summed E-state index contributed by atoms with van der Waals surface area (Å²) >= 11 is 0. The average Bonchev–Trinajstić information content (AvgIpc) is 3.33. The van der Waals surface area contributed by atoms with Gasteiger partial charge in [-0.25, -0.2) is 4.68 Å². The van der Waals surface area contributed by atoms with Crippen LogP contribution in [-0.4, -0.2) is 57.6 Å². The van der Waals surface area contributed by atoms with Crippen LogP contribution >= 0.6 is 0 Å². The number of hydrogen-bond donors (Lipinski definition) is 1. The van der Waals surface area contributed by atoms with Gasteiger partial charge in [-0.3, -0.25) is 4.79 Å². The van der Waals surface area contributed by atoms with Crippen LogP contribution in [-0.2, 0) is 4.74 Å². The first kappa shape index (κ1) is 16.3. The molecule has 1 N–H and O–H groups in total. The van der Waals surface area contributed by atoms with E-state index in [1.807, 2.05) is 41.4 Å². The van der Waals surface area contributed by atoms with Crippen molar-refractivity contribution in [2.24, 2.45) is 5.92 Å². The highest BCUT2D eigenvalue weighted by Crippen LogP contribution is 2.33. The SMILES string of the molecule is O=C(c1cccc(-n2cccn2)c1)N1CCOC[C@@H]1[C@H]1CCC[C@@H]1O. The zero-order valence-electron chi connectivity index (χ0n) is 14.1. The summed E-state index contributed by atoms with van der Waals surface area (Å²) in [5.41, 5.74) is 1.51. The van der Waals surface area contributed by atoms with Crippen LogP contribution in [0.5, 0.6) is 0 Å². The Kier molecular flexibility index (Phi) is 4.55. The Bertz CT molecular complexity index is 731. The lowest BCUT2D eigenvalue weighted by atomic mass is 9.93. The van der Waals surface area contributed by atoms with Gasteiger partial charge in [0, 0.05) is 30.4 Å². The van der Waals surface area contributed by atoms with Crippen LogP contribution in [0.3, 0.4) is 0 Å². The summed E-state index contributed by atoms with van der Waals surface area (Å²) < 4.78 is 7.37. The van der Waals surface area contributed by atoms with Crippen molar-refractivity contribution in [3.8, 4) is 5.69 Å². The van der Waals surface area contributed by atoms with E-state index in [0.29, 0.717) is 25.3 Å². The summed E-state index contributed by atoms with van der Waals surface area (Å²) in [5, 5.41) is 14.5. The number of aliphatic hydroxyl groups is 1. The molecule has 0 unspecified atom stereocenters. The molecule has 1 aliphatic heterocycles. The Morgan fingerprint density at radius 3 is 2.96 bits per heavy atom. The fraction of sp³-hybridized carbons (Fsp3) is 0.474. The maximum atomic E-state index is 13.2. The molecular formula is C19H23N3O3. The number of carbonyl (C=O) groups is 1. The Morgan fingerprint density at radius 1 is 1.28 bits per heavy atom. The molecule has 25 heavy (non-hydrogen) atoms. The summed E-state index contributed by atoms with van der Waals surface area (Å²) in [6.45, 7) is 1.62. The predicted octanol–water partition coefficient (Wildman–Crippen LogP) is 1.87. The van der Waals surface area contributed by atoms with Gasteiger partial charge in [-0.15, -0.1) is 0 Å². The van der Waals surface area contributed by atoms with E-state index in [0.717, 1.165) is 24.9 Å². The van der Waals surface area contributed by atoms with E-state index in [9.17, 15) is 9.90 Å². The van der Waals surface area contributed by atoms with Crippen LogP contribution < -0.4 is 0 Å². The van der Waals surface area contributed by atoms with Crippen molar-refractivity contribution >= 4 is 5.91 Å². The summed E-state index contributed by atoms with van der Waals surface area (Å²) in [6, 6.07) is 9.33. The first-order valence-electron chi connectivity index (χ1n) is 8.91. The smallest absolute Gasteiger partial charge is 0.254 e. The lowest BCUT2D eigenvalue weighted by molar-refractivity contribution is -0.0383. The minimum Gasteiger partial charge on any atom is -0.393 e. The number of morpholine rings is 1. The molecule has 2 aromatic rings. The number of amides is 1. The number of aromatic nitrogens is 2. The molecular weight excluding hydrogens is 318 g/mol. The van der Waals surface area contributed by atoms with E-state index in [4.69, 9.17) is 4.74 Å². The molecule has 0 radical (unpaired) electrons. The number of aliphatic hydroxyl groups excluding tert-OH is 1. The summed E-state index contributed by atoms with van der Waals surface area (Å²) in [6.07, 6.45) is 6.02. The Hall–Kier alpha value is -2.18. The summed E-state index contributed by atoms with van der Waals surface area (Å²) in [7, 11) is 0. The minimum absolute atomic E-state index is 0.00130. The number of benzene rings is 1. The molecule has 3 atom stereocenters. The van der Waals surface area contributed by atoms with E-state index in [1.54, 1.807) is 10.9 Å². The van der Waals surface area contributed by atoms with Crippen LogP contribution in [0.15, 0.2) is 42.7 Å². The van der Waals surface area contributed by atoms with E-state index in [1.165, 1.54) is 0 Å². The van der Waals surface area contributed by atoms with Gasteiger partial charge in [-0.1, -0.05) is 12.5 Å². The maximum Gasteiger partial charge on any atom is 0.254 e. The average molecular weight is 341 g/mol. The molecule has 0 bridgehead atoms. The van der Waals surface area contributed by atoms with E-state index < -0.39 is 0 Å². The molecule has 1 aromatic carbocycles. The Balaban J connectivity index is 1.59. The third-order valence-corrected chi connectivity index (χ3v) is 5.31. The number of hydrogen-bond acceptors (Lipinski definition) is 4. The summed E-state index contributed by atoms with van der Waals surface area (Å²) in [4.78, 5) is 15.0. The zero-order valence-corrected chi connectivity index (χ0v) is 14.1. The highest BCUT2D eigenvalue weighted by atomic mass is 16.5. The van der Waals surface area contributed by atoms with Crippen LogP contribution in [0.4, 0.5) is 0 Å². The van der Waals surface area contributed by atoms with E-state index in [2.05, 4.69) is 5.10 Å². The van der Waals surface area contributed by atoms with Crippen LogP contribution in [0, 0.1) is 5.92 Å². The largest absolute Gasteiger partial charge is 0.393 e. The normalized spacial score (nSPS) is 26.8. The van der Waals surface area contributed by atoms with Crippen molar-refractivity contribution < 1.29 is 14.6 Å². The molecule has 1 aromatic heterocycles. The fourth-order valence-corrected chi connectivity index (χ4v) is 4.02. The summed E-state index contributed by atoms with van der Waals surface area (Å²) in [5.74, 6) is 0.111. The highest BCUT2D eigenvalue weighted by Gasteiger charge is 2.39. The molecule has 6 nitrogen and oxygen atoms in total. The number of ether oxygens (including phenoxy) is 1. The van der Waals surface area contributed by atoms with Gasteiger partial charge in [0.25, 0.3) is 5.91 Å². The van der Waals surface area contributed by atoms with Gasteiger partial charge in [-0.2, -0.15) is 5.10 Å². The monoisotopic (exact) mass is 341 g/mol. The van der Waals surface area contributed by atoms with Crippen molar-refractivity contribution in [3.63, 3.8) is 0 Å². The predicted molar refractivity (Wildman–Crippen MR) is 92.6 cm³/mol. The number of carbonyl (C=O) groups excluding carboxylic acids is 1. The van der Waals surface area contributed by atoms with Gasteiger partial charge in [0.1, 0.15) is 0 Å². The molecule has 4 rings (SSSR count). The molecule has 2 heterocycles. The van der Waals surface area contributed by atoms with Crippen LogP contribution in [0.2, 0.25) is 0 Å². The molecule has 1 saturated carbocycles. The van der Waals surface area contributed by atoms with Crippen LogP contribution in [0.1, 0.15) is 29.6 Å². The molecule has 0 spiro atoms. The van der Waals surface area contributed by atoms with Crippen LogP contribution in [0.25, 0.3) is 5.69 Å². The zero-order chi connectivity index (χ0) is 17.2. The second kappa shape index (κ2) is 6.98. The molecule has 6 heteroatoms. The minimum atomic E-state index is -0.336. The quantitative estimate of drug-likeness (QED) is 0.925. The Morgan fingerprint density at radius 2 is 2.20 bits per heavy atom. The first-order chi connectivity index (χ1) is 12.2. The van der Waals surface area contributed by atoms with E-state index in [-0.39, 0.29) is 24.0 Å². The maximum absolute atomic E-state index is 13.2. The van der Waals surface area contributed by atoms with Crippen molar-refractivity contribution in [3.05, 3.63) is 48.3 Å². The highest BCUT2D eigenvalue weighted by molar-refractivity contribution is 5.95. The van der Waals surface area contributed by atoms with Gasteiger partial charge in [0.15, 0.2) is 0 Å². The topological polar surface area (TPSA) is 67.6 Å². The number of rotatable bonds is 3. The molecule has 1 aliphatic carbocycles. The van der Waals surface area contributed by atoms with Crippen molar-refractivity contribution in [1.82, 2.24) is 14.7 Å². The van der Waals surface area contributed by atoms with Crippen molar-refractivity contribution in [2.45, 2.75) is 31.4 Å². The third kappa shape index (κ3) is 3.19. The standard InChI is InChI=1S/C19H23N3O3/c23-18-7-2-6-16(18)17-13-25-11-10-21(17)19(24)14-4-1-5-15(12-14)22-9-3-8-20-22/h1,3-5,8-9,12,16-18,23H,2,6-7,10-11,13H2/t16-,17-,18+/m1/s1. The van der Waals surface area contributed by atoms with Gasteiger partial charge in [0.05, 0.1) is 31.0 Å². The van der Waals surface area contributed by atoms with Gasteiger partial charge >= 0.3 is 0 Å². The van der Waals surface area contributed by atoms with Gasteiger partial charge in [-0.05, 0) is 37.1 Å². The van der Waals surface area contributed by atoms with E-state index >= 15 is 0 Å². The van der Waals surface area contributed by atoms with Crippen molar-refractivity contribution in [2.75, 3.05) is 19.8 Å².